The number of thiophene rings is 1. The van der Waals surface area contributed by atoms with Gasteiger partial charge in [-0.15, -0.1) is 11.3 Å². The number of imidazole rings is 1. The minimum Gasteiger partial charge on any atom is -0.374 e. The summed E-state index contributed by atoms with van der Waals surface area (Å²) in [5.41, 5.74) is 5.75. The monoisotopic (exact) mass is 526 g/mol. The van der Waals surface area contributed by atoms with Gasteiger partial charge < -0.3 is 15.4 Å². The van der Waals surface area contributed by atoms with E-state index < -0.39 is 6.23 Å². The standard InChI is InChI=1S/C27H23FN8OS/c28-22-6-5-21(38-22)25-24-18(7-8-30-25)33-26(34-24)23-17-10-19(31-13-20(17)35-36-23)15-9-16(12-29-11-15)32-27(37)14-3-1-2-4-14/h5-14,27,32,37H,1-4H2,(H,33,34)(H,35,36). The van der Waals surface area contributed by atoms with E-state index >= 15 is 0 Å². The number of aliphatic hydroxyl groups is 1. The zero-order chi connectivity index (χ0) is 25.6. The second-order valence-corrected chi connectivity index (χ2v) is 10.6. The van der Waals surface area contributed by atoms with E-state index in [2.05, 4.69) is 35.5 Å². The highest BCUT2D eigenvalue weighted by molar-refractivity contribution is 7.13. The minimum atomic E-state index is -0.594. The second-order valence-electron chi connectivity index (χ2n) is 9.53. The molecule has 1 aliphatic carbocycles. The van der Waals surface area contributed by atoms with Crippen LogP contribution in [0.15, 0.2) is 55.1 Å². The molecule has 6 aromatic rings. The molecule has 4 N–H and O–H groups in total. The summed E-state index contributed by atoms with van der Waals surface area (Å²) in [5, 5.41) is 21.9. The van der Waals surface area contributed by atoms with Gasteiger partial charge in [0, 0.05) is 29.3 Å². The molecule has 1 unspecified atom stereocenters. The van der Waals surface area contributed by atoms with Gasteiger partial charge >= 0.3 is 0 Å². The summed E-state index contributed by atoms with van der Waals surface area (Å²) < 4.78 is 13.7. The first-order valence-corrected chi connectivity index (χ1v) is 13.3. The summed E-state index contributed by atoms with van der Waals surface area (Å²) in [6, 6.07) is 8.87. The maximum absolute atomic E-state index is 13.7. The number of aromatic amines is 2. The van der Waals surface area contributed by atoms with Gasteiger partial charge in [0.05, 0.1) is 39.7 Å². The van der Waals surface area contributed by atoms with E-state index in [1.807, 2.05) is 18.2 Å². The number of hydrogen-bond donors (Lipinski definition) is 4. The molecular weight excluding hydrogens is 503 g/mol. The van der Waals surface area contributed by atoms with Crippen molar-refractivity contribution in [2.24, 2.45) is 5.92 Å². The molecule has 0 spiro atoms. The van der Waals surface area contributed by atoms with Crippen molar-refractivity contribution < 1.29 is 9.50 Å². The van der Waals surface area contributed by atoms with Crippen LogP contribution in [-0.4, -0.2) is 46.5 Å². The number of hydrogen-bond acceptors (Lipinski definition) is 8. The SMILES string of the molecule is OC(Nc1cncc(-c2cc3c(-c4nc5c(-c6ccc(F)s6)nccc5[nH]4)n[nH]c3cn2)c1)C1CCCC1. The molecule has 190 valence electrons. The Morgan fingerprint density at radius 1 is 1.03 bits per heavy atom. The number of fused-ring (bicyclic) bond motifs is 2. The molecule has 6 aromatic heterocycles. The maximum atomic E-state index is 13.7. The van der Waals surface area contributed by atoms with Crippen molar-refractivity contribution >= 4 is 39.0 Å². The van der Waals surface area contributed by atoms with E-state index in [4.69, 9.17) is 4.98 Å². The molecule has 1 atom stereocenters. The van der Waals surface area contributed by atoms with Crippen LogP contribution in [0.5, 0.6) is 0 Å². The van der Waals surface area contributed by atoms with Crippen molar-refractivity contribution in [1.29, 1.82) is 0 Å². The third-order valence-electron chi connectivity index (χ3n) is 7.07. The number of pyridine rings is 3. The van der Waals surface area contributed by atoms with E-state index in [0.717, 1.165) is 70.4 Å². The molecule has 1 saturated carbocycles. The fourth-order valence-corrected chi connectivity index (χ4v) is 5.87. The molecule has 0 amide bonds. The lowest BCUT2D eigenvalue weighted by Gasteiger charge is -2.20. The van der Waals surface area contributed by atoms with Crippen molar-refractivity contribution in [2.45, 2.75) is 31.9 Å². The van der Waals surface area contributed by atoms with Gasteiger partial charge in [0.15, 0.2) is 11.0 Å². The molecule has 0 radical (unpaired) electrons. The number of anilines is 1. The predicted octanol–water partition coefficient (Wildman–Crippen LogP) is 5.75. The Morgan fingerprint density at radius 3 is 2.76 bits per heavy atom. The summed E-state index contributed by atoms with van der Waals surface area (Å²) in [5.74, 6) is 0.836. The zero-order valence-electron chi connectivity index (χ0n) is 20.1. The second kappa shape index (κ2) is 9.26. The van der Waals surface area contributed by atoms with Crippen LogP contribution in [0.3, 0.4) is 0 Å². The van der Waals surface area contributed by atoms with E-state index in [0.29, 0.717) is 27.6 Å². The lowest BCUT2D eigenvalue weighted by Crippen LogP contribution is -2.26. The summed E-state index contributed by atoms with van der Waals surface area (Å²) >= 11 is 1.04. The van der Waals surface area contributed by atoms with Crippen molar-refractivity contribution in [3.8, 4) is 33.3 Å². The Morgan fingerprint density at radius 2 is 1.92 bits per heavy atom. The van der Waals surface area contributed by atoms with Crippen LogP contribution in [-0.2, 0) is 0 Å². The molecule has 11 heteroatoms. The number of aromatic nitrogens is 7. The predicted molar refractivity (Wildman–Crippen MR) is 145 cm³/mol. The van der Waals surface area contributed by atoms with Crippen LogP contribution in [0.4, 0.5) is 10.1 Å². The normalized spacial score (nSPS) is 15.0. The number of nitrogens with one attached hydrogen (secondary N) is 3. The van der Waals surface area contributed by atoms with Crippen LogP contribution >= 0.6 is 11.3 Å². The quantitative estimate of drug-likeness (QED) is 0.204. The van der Waals surface area contributed by atoms with Crippen LogP contribution in [0, 0.1) is 11.0 Å². The number of rotatable bonds is 6. The van der Waals surface area contributed by atoms with Crippen LogP contribution in [0.2, 0.25) is 0 Å². The van der Waals surface area contributed by atoms with Crippen LogP contribution in [0.25, 0.3) is 55.3 Å². The van der Waals surface area contributed by atoms with Gasteiger partial charge in [-0.3, -0.25) is 20.1 Å². The average molecular weight is 527 g/mol. The van der Waals surface area contributed by atoms with Crippen molar-refractivity contribution in [3.05, 3.63) is 60.3 Å². The molecule has 7 rings (SSSR count). The highest BCUT2D eigenvalue weighted by atomic mass is 32.1. The topological polar surface area (TPSA) is 128 Å². The molecular formula is C27H23FN8OS. The molecule has 0 bridgehead atoms. The van der Waals surface area contributed by atoms with Crippen molar-refractivity contribution in [3.63, 3.8) is 0 Å². The first kappa shape index (κ1) is 22.9. The lowest BCUT2D eigenvalue weighted by molar-refractivity contribution is 0.137. The van der Waals surface area contributed by atoms with Gasteiger partial charge in [-0.25, -0.2) is 4.98 Å². The third-order valence-corrected chi connectivity index (χ3v) is 7.95. The number of halogens is 1. The largest absolute Gasteiger partial charge is 0.374 e. The van der Waals surface area contributed by atoms with Gasteiger partial charge in [-0.1, -0.05) is 12.8 Å². The van der Waals surface area contributed by atoms with Crippen LogP contribution in [0.1, 0.15) is 25.7 Å². The summed E-state index contributed by atoms with van der Waals surface area (Å²) in [6.07, 6.45) is 10.7. The summed E-state index contributed by atoms with van der Waals surface area (Å²) in [4.78, 5) is 22.3. The molecule has 9 nitrogen and oxygen atoms in total. The van der Waals surface area contributed by atoms with Crippen molar-refractivity contribution in [2.75, 3.05) is 5.32 Å². The number of aliphatic hydroxyl groups excluding tert-OH is 1. The Labute approximate surface area is 220 Å². The molecule has 1 aliphatic rings. The van der Waals surface area contributed by atoms with Crippen molar-refractivity contribution in [1.82, 2.24) is 35.1 Å². The fourth-order valence-electron chi connectivity index (χ4n) is 5.15. The van der Waals surface area contributed by atoms with Gasteiger partial charge in [0.2, 0.25) is 0 Å². The Balaban J connectivity index is 1.24. The summed E-state index contributed by atoms with van der Waals surface area (Å²) in [6.45, 7) is 0. The molecule has 1 fully saturated rings. The smallest absolute Gasteiger partial charge is 0.177 e. The van der Waals surface area contributed by atoms with Crippen LogP contribution < -0.4 is 5.32 Å². The molecule has 38 heavy (non-hydrogen) atoms. The minimum absolute atomic E-state index is 0.264. The Hall–Kier alpha value is -4.22. The van der Waals surface area contributed by atoms with E-state index in [1.165, 1.54) is 6.07 Å². The summed E-state index contributed by atoms with van der Waals surface area (Å²) in [7, 11) is 0. The first-order chi connectivity index (χ1) is 18.6. The Kier molecular flexibility index (Phi) is 5.59. The molecule has 0 aromatic carbocycles. The van der Waals surface area contributed by atoms with Gasteiger partial charge in [0.25, 0.3) is 0 Å². The van der Waals surface area contributed by atoms with E-state index in [1.54, 1.807) is 30.9 Å². The molecule has 0 saturated heterocycles. The zero-order valence-corrected chi connectivity index (χ0v) is 21.0. The number of nitrogens with zero attached hydrogens (tertiary/aromatic N) is 5. The maximum Gasteiger partial charge on any atom is 0.177 e. The molecule has 0 aliphatic heterocycles. The van der Waals surface area contributed by atoms with E-state index in [-0.39, 0.29) is 11.0 Å². The fraction of sp³-hybridized carbons (Fsp3) is 0.222. The van der Waals surface area contributed by atoms with Gasteiger partial charge in [0.1, 0.15) is 23.1 Å². The number of H-pyrrole nitrogens is 2. The van der Waals surface area contributed by atoms with E-state index in [9.17, 15) is 9.50 Å². The third kappa shape index (κ3) is 4.09. The Bertz CT molecular complexity index is 1770. The average Bonchev–Trinajstić information content (AvgIpc) is 3.74. The highest BCUT2D eigenvalue weighted by Gasteiger charge is 2.23. The highest BCUT2D eigenvalue weighted by Crippen LogP contribution is 2.34. The first-order valence-electron chi connectivity index (χ1n) is 12.5. The molecule has 6 heterocycles. The van der Waals surface area contributed by atoms with Gasteiger partial charge in [-0.05, 0) is 43.2 Å². The lowest BCUT2D eigenvalue weighted by atomic mass is 10.1. The van der Waals surface area contributed by atoms with Gasteiger partial charge in [-0.2, -0.15) is 9.49 Å².